The van der Waals surface area contributed by atoms with Crippen LogP contribution >= 0.6 is 0 Å². The lowest BCUT2D eigenvalue weighted by molar-refractivity contribution is 0.463. The van der Waals surface area contributed by atoms with Crippen molar-refractivity contribution in [1.82, 2.24) is 9.71 Å². The van der Waals surface area contributed by atoms with Crippen LogP contribution in [-0.2, 0) is 16.6 Å². The highest BCUT2D eigenvalue weighted by Gasteiger charge is 2.14. The number of nitrogens with zero attached hydrogens (tertiary/aromatic N) is 1. The lowest BCUT2D eigenvalue weighted by Crippen LogP contribution is -2.23. The number of oxazole rings is 1. The Morgan fingerprint density at radius 1 is 1.33 bits per heavy atom. The Balaban J connectivity index is 2.08. The molecule has 0 aliphatic carbocycles. The smallest absolute Gasteiger partial charge is 0.241 e. The standard InChI is InChI=1S/C14H15N3O3S/c1-11-9-16-14(20-11)10-17-21(18,19)13-6-4-12(5-7-13)3-2-8-15/h4-7,9,17H,8,10,15H2,1H3. The fourth-order valence-electron chi connectivity index (χ4n) is 1.59. The van der Waals surface area contributed by atoms with Crippen LogP contribution in [0.25, 0.3) is 0 Å². The predicted octanol–water partition coefficient (Wildman–Crippen LogP) is 0.772. The number of aromatic nitrogens is 1. The molecule has 0 fully saturated rings. The highest BCUT2D eigenvalue weighted by atomic mass is 32.2. The van der Waals surface area contributed by atoms with Crippen molar-refractivity contribution in [2.24, 2.45) is 5.73 Å². The second kappa shape index (κ2) is 6.54. The minimum absolute atomic E-state index is 0.00486. The molecule has 2 rings (SSSR count). The van der Waals surface area contributed by atoms with Crippen LogP contribution in [0.1, 0.15) is 17.2 Å². The van der Waals surface area contributed by atoms with Gasteiger partial charge in [-0.2, -0.15) is 0 Å². The molecule has 6 nitrogen and oxygen atoms in total. The molecule has 0 saturated heterocycles. The number of hydrogen-bond donors (Lipinski definition) is 2. The maximum atomic E-state index is 12.1. The van der Waals surface area contributed by atoms with Crippen LogP contribution < -0.4 is 10.5 Å². The zero-order valence-electron chi connectivity index (χ0n) is 11.5. The van der Waals surface area contributed by atoms with Crippen molar-refractivity contribution in [2.45, 2.75) is 18.4 Å². The van der Waals surface area contributed by atoms with E-state index in [2.05, 4.69) is 21.5 Å². The Morgan fingerprint density at radius 2 is 2.05 bits per heavy atom. The third kappa shape index (κ3) is 4.16. The highest BCUT2D eigenvalue weighted by Crippen LogP contribution is 2.11. The summed E-state index contributed by atoms with van der Waals surface area (Å²) in [6.07, 6.45) is 1.54. The van der Waals surface area contributed by atoms with Crippen LogP contribution in [0, 0.1) is 18.8 Å². The van der Waals surface area contributed by atoms with Gasteiger partial charge in [-0.15, -0.1) is 0 Å². The van der Waals surface area contributed by atoms with Gasteiger partial charge in [0, 0.05) is 5.56 Å². The fraction of sp³-hybridized carbons (Fsp3) is 0.214. The molecule has 0 aliphatic rings. The van der Waals surface area contributed by atoms with E-state index < -0.39 is 10.0 Å². The molecular formula is C14H15N3O3S. The molecule has 0 aliphatic heterocycles. The van der Waals surface area contributed by atoms with Crippen molar-refractivity contribution in [3.05, 3.63) is 47.7 Å². The lowest BCUT2D eigenvalue weighted by Gasteiger charge is -2.04. The molecule has 0 bridgehead atoms. The van der Waals surface area contributed by atoms with Gasteiger partial charge >= 0.3 is 0 Å². The number of hydrogen-bond acceptors (Lipinski definition) is 5. The molecular weight excluding hydrogens is 290 g/mol. The number of aryl methyl sites for hydroxylation is 1. The molecule has 2 aromatic rings. The van der Waals surface area contributed by atoms with Crippen molar-refractivity contribution >= 4 is 10.0 Å². The van der Waals surface area contributed by atoms with Gasteiger partial charge in [0.15, 0.2) is 0 Å². The molecule has 0 saturated carbocycles. The molecule has 7 heteroatoms. The Morgan fingerprint density at radius 3 is 2.62 bits per heavy atom. The van der Waals surface area contributed by atoms with Gasteiger partial charge in [-0.3, -0.25) is 0 Å². The van der Waals surface area contributed by atoms with E-state index in [9.17, 15) is 8.42 Å². The summed E-state index contributed by atoms with van der Waals surface area (Å²) in [5, 5.41) is 0. The summed E-state index contributed by atoms with van der Waals surface area (Å²) in [6.45, 7) is 2.01. The van der Waals surface area contributed by atoms with Crippen molar-refractivity contribution in [1.29, 1.82) is 0 Å². The maximum absolute atomic E-state index is 12.1. The number of nitrogens with two attached hydrogens (primary N) is 1. The highest BCUT2D eigenvalue weighted by molar-refractivity contribution is 7.89. The van der Waals surface area contributed by atoms with Gasteiger partial charge in [-0.1, -0.05) is 11.8 Å². The predicted molar refractivity (Wildman–Crippen MR) is 77.6 cm³/mol. The van der Waals surface area contributed by atoms with E-state index in [-0.39, 0.29) is 18.0 Å². The van der Waals surface area contributed by atoms with Gasteiger partial charge in [-0.05, 0) is 31.2 Å². The molecule has 110 valence electrons. The molecule has 1 heterocycles. The van der Waals surface area contributed by atoms with Crippen LogP contribution in [0.5, 0.6) is 0 Å². The fourth-order valence-corrected chi connectivity index (χ4v) is 2.57. The molecule has 0 atom stereocenters. The first kappa shape index (κ1) is 15.3. The lowest BCUT2D eigenvalue weighted by atomic mass is 10.2. The van der Waals surface area contributed by atoms with Crippen LogP contribution in [0.2, 0.25) is 0 Å². The van der Waals surface area contributed by atoms with Crippen LogP contribution in [0.4, 0.5) is 0 Å². The van der Waals surface area contributed by atoms with E-state index in [1.54, 1.807) is 19.1 Å². The van der Waals surface area contributed by atoms with E-state index in [0.29, 0.717) is 17.2 Å². The van der Waals surface area contributed by atoms with E-state index in [0.717, 1.165) is 0 Å². The van der Waals surface area contributed by atoms with Gasteiger partial charge in [0.1, 0.15) is 5.76 Å². The summed E-state index contributed by atoms with van der Waals surface area (Å²) in [7, 11) is -3.61. The summed E-state index contributed by atoms with van der Waals surface area (Å²) in [6, 6.07) is 6.24. The number of nitrogens with one attached hydrogen (secondary N) is 1. The minimum atomic E-state index is -3.61. The summed E-state index contributed by atoms with van der Waals surface area (Å²) in [5.74, 6) is 6.48. The first-order valence-corrected chi connectivity index (χ1v) is 7.69. The largest absolute Gasteiger partial charge is 0.445 e. The van der Waals surface area contributed by atoms with E-state index in [4.69, 9.17) is 10.2 Å². The monoisotopic (exact) mass is 305 g/mol. The Hall–Kier alpha value is -2.14. The van der Waals surface area contributed by atoms with Crippen molar-refractivity contribution in [3.8, 4) is 11.8 Å². The third-order valence-electron chi connectivity index (χ3n) is 2.58. The average molecular weight is 305 g/mol. The van der Waals surface area contributed by atoms with Crippen molar-refractivity contribution in [3.63, 3.8) is 0 Å². The van der Waals surface area contributed by atoms with Crippen molar-refractivity contribution in [2.75, 3.05) is 6.54 Å². The summed E-state index contributed by atoms with van der Waals surface area (Å²) in [5.41, 5.74) is 5.99. The molecule has 1 aromatic heterocycles. The zero-order valence-corrected chi connectivity index (χ0v) is 12.3. The van der Waals surface area contributed by atoms with Gasteiger partial charge in [0.2, 0.25) is 15.9 Å². The molecule has 3 N–H and O–H groups in total. The maximum Gasteiger partial charge on any atom is 0.241 e. The molecule has 0 radical (unpaired) electrons. The quantitative estimate of drug-likeness (QED) is 0.813. The SMILES string of the molecule is Cc1cnc(CNS(=O)(=O)c2ccc(C#CCN)cc2)o1. The van der Waals surface area contributed by atoms with E-state index >= 15 is 0 Å². The number of sulfonamides is 1. The van der Waals surface area contributed by atoms with Crippen molar-refractivity contribution < 1.29 is 12.8 Å². The molecule has 0 spiro atoms. The van der Waals surface area contributed by atoms with Gasteiger partial charge in [0.05, 0.1) is 24.2 Å². The first-order valence-electron chi connectivity index (χ1n) is 6.21. The van der Waals surface area contributed by atoms with Crippen LogP contribution in [0.15, 0.2) is 39.8 Å². The topological polar surface area (TPSA) is 98.2 Å². The second-order valence-electron chi connectivity index (χ2n) is 4.22. The van der Waals surface area contributed by atoms with Gasteiger partial charge in [0.25, 0.3) is 0 Å². The Bertz CT molecular complexity index is 768. The number of rotatable bonds is 4. The Kier molecular flexibility index (Phi) is 4.75. The average Bonchev–Trinajstić information content (AvgIpc) is 2.89. The summed E-state index contributed by atoms with van der Waals surface area (Å²) in [4.78, 5) is 4.09. The van der Waals surface area contributed by atoms with Gasteiger partial charge < -0.3 is 10.2 Å². The summed E-state index contributed by atoms with van der Waals surface area (Å²) >= 11 is 0. The normalized spacial score (nSPS) is 11.0. The van der Waals surface area contributed by atoms with E-state index in [1.165, 1.54) is 18.3 Å². The van der Waals surface area contributed by atoms with Crippen LogP contribution in [0.3, 0.4) is 0 Å². The van der Waals surface area contributed by atoms with E-state index in [1.807, 2.05) is 0 Å². The first-order chi connectivity index (χ1) is 10.0. The molecule has 0 unspecified atom stereocenters. The molecule has 1 aromatic carbocycles. The zero-order chi connectivity index (χ0) is 15.3. The Labute approximate surface area is 123 Å². The van der Waals surface area contributed by atoms with Gasteiger partial charge in [-0.25, -0.2) is 18.1 Å². The number of benzene rings is 1. The second-order valence-corrected chi connectivity index (χ2v) is 5.99. The molecule has 21 heavy (non-hydrogen) atoms. The molecule has 0 amide bonds. The summed E-state index contributed by atoms with van der Waals surface area (Å²) < 4.78 is 31.8. The third-order valence-corrected chi connectivity index (χ3v) is 4.00. The van der Waals surface area contributed by atoms with Crippen LogP contribution in [-0.4, -0.2) is 19.9 Å². The minimum Gasteiger partial charge on any atom is -0.445 e.